The molecule has 0 radical (unpaired) electrons. The van der Waals surface area contributed by atoms with Gasteiger partial charge in [-0.05, 0) is 70.6 Å². The Bertz CT molecular complexity index is 277. The Kier molecular flexibility index (Phi) is 6.11. The first-order chi connectivity index (χ1) is 9.31. The Morgan fingerprint density at radius 2 is 2.26 bits per heavy atom. The van der Waals surface area contributed by atoms with Gasteiger partial charge in [0.25, 0.3) is 0 Å². The van der Waals surface area contributed by atoms with E-state index in [1.54, 1.807) is 0 Å². The van der Waals surface area contributed by atoms with Crippen molar-refractivity contribution in [1.82, 2.24) is 15.5 Å². The Hall–Kier alpha value is -0.610. The first kappa shape index (κ1) is 14.8. The lowest BCUT2D eigenvalue weighted by Gasteiger charge is -2.25. The summed E-state index contributed by atoms with van der Waals surface area (Å²) in [4.78, 5) is 14.5. The lowest BCUT2D eigenvalue weighted by molar-refractivity contribution is -0.125. The van der Waals surface area contributed by atoms with Crippen LogP contribution < -0.4 is 10.6 Å². The average Bonchev–Trinajstić information content (AvgIpc) is 2.89. The number of nitrogens with one attached hydrogen (secondary N) is 2. The molecule has 2 saturated heterocycles. The summed E-state index contributed by atoms with van der Waals surface area (Å²) in [5, 5.41) is 6.58. The Balaban J connectivity index is 1.65. The molecule has 2 rings (SSSR count). The van der Waals surface area contributed by atoms with Gasteiger partial charge in [-0.3, -0.25) is 9.69 Å². The topological polar surface area (TPSA) is 44.4 Å². The minimum atomic E-state index is 0.143. The molecule has 2 heterocycles. The summed E-state index contributed by atoms with van der Waals surface area (Å²) in [5.41, 5.74) is 0. The van der Waals surface area contributed by atoms with Crippen molar-refractivity contribution in [3.63, 3.8) is 0 Å². The third-order valence-corrected chi connectivity index (χ3v) is 4.43. The van der Waals surface area contributed by atoms with Crippen molar-refractivity contribution in [3.05, 3.63) is 0 Å². The van der Waals surface area contributed by atoms with Gasteiger partial charge in [-0.25, -0.2) is 0 Å². The number of amides is 1. The van der Waals surface area contributed by atoms with Crippen molar-refractivity contribution in [2.75, 3.05) is 32.7 Å². The average molecular weight is 267 g/mol. The van der Waals surface area contributed by atoms with Gasteiger partial charge in [0.15, 0.2) is 0 Å². The molecule has 2 N–H and O–H groups in total. The van der Waals surface area contributed by atoms with Crippen LogP contribution in [0.5, 0.6) is 0 Å². The summed E-state index contributed by atoms with van der Waals surface area (Å²) in [6.45, 7) is 7.48. The predicted molar refractivity (Wildman–Crippen MR) is 78.1 cm³/mol. The number of carbonyl (C=O) groups is 1. The van der Waals surface area contributed by atoms with Crippen molar-refractivity contribution in [1.29, 1.82) is 0 Å². The summed E-state index contributed by atoms with van der Waals surface area (Å²) in [6.07, 6.45) is 7.07. The molecule has 4 heteroatoms. The fourth-order valence-corrected chi connectivity index (χ4v) is 3.37. The second-order valence-electron chi connectivity index (χ2n) is 5.99. The number of carbonyl (C=O) groups excluding carboxylic acids is 1. The van der Waals surface area contributed by atoms with E-state index in [1.165, 1.54) is 19.3 Å². The Labute approximate surface area is 117 Å². The van der Waals surface area contributed by atoms with Crippen LogP contribution >= 0.6 is 0 Å². The highest BCUT2D eigenvalue weighted by Crippen LogP contribution is 2.18. The number of likely N-dealkylation sites (tertiary alicyclic amines) is 1. The lowest BCUT2D eigenvalue weighted by atomic mass is 9.96. The molecular formula is C15H29N3O. The zero-order valence-corrected chi connectivity index (χ0v) is 12.3. The molecule has 110 valence electrons. The van der Waals surface area contributed by atoms with E-state index in [9.17, 15) is 4.79 Å². The van der Waals surface area contributed by atoms with E-state index in [4.69, 9.17) is 0 Å². The smallest absolute Gasteiger partial charge is 0.237 e. The molecule has 0 aliphatic carbocycles. The molecule has 0 spiro atoms. The van der Waals surface area contributed by atoms with Gasteiger partial charge in [0, 0.05) is 6.54 Å². The first-order valence-corrected chi connectivity index (χ1v) is 8.03. The Morgan fingerprint density at radius 1 is 1.37 bits per heavy atom. The predicted octanol–water partition coefficient (Wildman–Crippen LogP) is 1.37. The van der Waals surface area contributed by atoms with E-state index in [-0.39, 0.29) is 11.9 Å². The zero-order valence-electron chi connectivity index (χ0n) is 12.3. The number of hydrogen-bond donors (Lipinski definition) is 2. The fraction of sp³-hybridized carbons (Fsp3) is 0.933. The van der Waals surface area contributed by atoms with E-state index in [1.807, 2.05) is 0 Å². The van der Waals surface area contributed by atoms with Crippen LogP contribution in [0.25, 0.3) is 0 Å². The van der Waals surface area contributed by atoms with E-state index < -0.39 is 0 Å². The molecule has 0 aromatic rings. The SMILES string of the molecule is CCCN1CCCC1C(=O)NCCC1CCCNC1. The van der Waals surface area contributed by atoms with Gasteiger partial charge in [-0.2, -0.15) is 0 Å². The highest BCUT2D eigenvalue weighted by atomic mass is 16.2. The molecular weight excluding hydrogens is 238 g/mol. The molecule has 0 saturated carbocycles. The first-order valence-electron chi connectivity index (χ1n) is 8.03. The maximum Gasteiger partial charge on any atom is 0.237 e. The minimum absolute atomic E-state index is 0.143. The van der Waals surface area contributed by atoms with Gasteiger partial charge < -0.3 is 10.6 Å². The molecule has 2 atom stereocenters. The molecule has 0 aromatic carbocycles. The van der Waals surface area contributed by atoms with Crippen LogP contribution in [0.1, 0.15) is 45.4 Å². The molecule has 0 aromatic heterocycles. The number of hydrogen-bond acceptors (Lipinski definition) is 3. The Morgan fingerprint density at radius 3 is 3.00 bits per heavy atom. The van der Waals surface area contributed by atoms with Crippen LogP contribution in [0.2, 0.25) is 0 Å². The van der Waals surface area contributed by atoms with Gasteiger partial charge >= 0.3 is 0 Å². The molecule has 0 bridgehead atoms. The highest BCUT2D eigenvalue weighted by Gasteiger charge is 2.29. The molecule has 1 amide bonds. The van der Waals surface area contributed by atoms with Crippen molar-refractivity contribution in [2.24, 2.45) is 5.92 Å². The van der Waals surface area contributed by atoms with E-state index in [0.29, 0.717) is 0 Å². The third-order valence-electron chi connectivity index (χ3n) is 4.43. The van der Waals surface area contributed by atoms with Gasteiger partial charge in [0.05, 0.1) is 6.04 Å². The largest absolute Gasteiger partial charge is 0.355 e. The van der Waals surface area contributed by atoms with Crippen molar-refractivity contribution >= 4 is 5.91 Å². The maximum atomic E-state index is 12.2. The second-order valence-corrected chi connectivity index (χ2v) is 5.99. The molecule has 2 aliphatic rings. The standard InChI is InChI=1S/C15H29N3O/c1-2-10-18-11-4-6-14(18)15(19)17-9-7-13-5-3-8-16-12-13/h13-14,16H,2-12H2,1H3,(H,17,19). The van der Waals surface area contributed by atoms with Gasteiger partial charge in [0.1, 0.15) is 0 Å². The molecule has 2 aliphatic heterocycles. The molecule has 19 heavy (non-hydrogen) atoms. The summed E-state index contributed by atoms with van der Waals surface area (Å²) in [6, 6.07) is 0.143. The molecule has 2 unspecified atom stereocenters. The van der Waals surface area contributed by atoms with Gasteiger partial charge in [-0.15, -0.1) is 0 Å². The van der Waals surface area contributed by atoms with Crippen LogP contribution in [-0.4, -0.2) is 49.6 Å². The second kappa shape index (κ2) is 7.85. The monoisotopic (exact) mass is 267 g/mol. The van der Waals surface area contributed by atoms with Crippen molar-refractivity contribution in [3.8, 4) is 0 Å². The summed E-state index contributed by atoms with van der Waals surface area (Å²) >= 11 is 0. The third kappa shape index (κ3) is 4.46. The van der Waals surface area contributed by atoms with E-state index in [0.717, 1.165) is 57.9 Å². The van der Waals surface area contributed by atoms with Crippen LogP contribution in [0.3, 0.4) is 0 Å². The summed E-state index contributed by atoms with van der Waals surface area (Å²) in [7, 11) is 0. The van der Waals surface area contributed by atoms with Crippen molar-refractivity contribution in [2.45, 2.75) is 51.5 Å². The van der Waals surface area contributed by atoms with Crippen molar-refractivity contribution < 1.29 is 4.79 Å². The zero-order chi connectivity index (χ0) is 13.5. The maximum absolute atomic E-state index is 12.2. The molecule has 2 fully saturated rings. The number of nitrogens with zero attached hydrogens (tertiary/aromatic N) is 1. The van der Waals surface area contributed by atoms with Gasteiger partial charge in [-0.1, -0.05) is 6.92 Å². The quantitative estimate of drug-likeness (QED) is 0.764. The van der Waals surface area contributed by atoms with Crippen LogP contribution in [0.4, 0.5) is 0 Å². The minimum Gasteiger partial charge on any atom is -0.355 e. The summed E-state index contributed by atoms with van der Waals surface area (Å²) < 4.78 is 0. The lowest BCUT2D eigenvalue weighted by Crippen LogP contribution is -2.44. The summed E-state index contributed by atoms with van der Waals surface area (Å²) in [5.74, 6) is 1.01. The molecule has 4 nitrogen and oxygen atoms in total. The highest BCUT2D eigenvalue weighted by molar-refractivity contribution is 5.82. The fourth-order valence-electron chi connectivity index (χ4n) is 3.37. The number of rotatable bonds is 6. The number of piperidine rings is 1. The van der Waals surface area contributed by atoms with E-state index in [2.05, 4.69) is 22.5 Å². The van der Waals surface area contributed by atoms with Crippen LogP contribution in [0, 0.1) is 5.92 Å². The normalized spacial score (nSPS) is 28.5. The van der Waals surface area contributed by atoms with E-state index >= 15 is 0 Å². The van der Waals surface area contributed by atoms with Crippen LogP contribution in [-0.2, 0) is 4.79 Å². The van der Waals surface area contributed by atoms with Gasteiger partial charge in [0.2, 0.25) is 5.91 Å². The van der Waals surface area contributed by atoms with Crippen LogP contribution in [0.15, 0.2) is 0 Å².